The summed E-state index contributed by atoms with van der Waals surface area (Å²) in [7, 11) is 0. The molecule has 2 aliphatic rings. The topological polar surface area (TPSA) is 44.8 Å². The van der Waals surface area contributed by atoms with Crippen molar-refractivity contribution in [3.05, 3.63) is 198 Å². The largest absolute Gasteiger partial charge is 0.505 e. The molecule has 0 saturated carbocycles. The van der Waals surface area contributed by atoms with Crippen LogP contribution >= 0.6 is 0 Å². The number of hydrogen-bond donors (Lipinski definition) is 1. The van der Waals surface area contributed by atoms with Crippen molar-refractivity contribution in [2.45, 2.75) is 92.4 Å². The third-order valence-electron chi connectivity index (χ3n) is 16.1. The molecule has 1 N–H and O–H groups in total. The smallest absolute Gasteiger partial charge is 0.252 e. The van der Waals surface area contributed by atoms with E-state index in [0.717, 1.165) is 89.4 Å². The van der Waals surface area contributed by atoms with Crippen LogP contribution < -0.4 is 26.2 Å². The Labute approximate surface area is 435 Å². The van der Waals surface area contributed by atoms with Crippen LogP contribution in [0.4, 0.5) is 34.1 Å². The molecular formula is C68H62BN3O2. The number of para-hydroxylation sites is 4. The SMILES string of the molecule is Cc1cccc(C)c1N1c2cc3c(cc2B2c4cc(C(C)(C)C)ccc4N(c4ccc(-c5cccc6c5oc5ccccc56)cc4)c4c(O)c(C(C)(C)C)cc1c42)c1cc(C(C)(C)C)ccc1n3-c1ccccc1. The van der Waals surface area contributed by atoms with E-state index in [-0.39, 0.29) is 17.5 Å². The second kappa shape index (κ2) is 16.0. The molecule has 0 radical (unpaired) electrons. The molecule has 0 bridgehead atoms. The maximum absolute atomic E-state index is 13.4. The number of aromatic hydroxyl groups is 1. The van der Waals surface area contributed by atoms with Gasteiger partial charge in [-0.25, -0.2) is 0 Å². The van der Waals surface area contributed by atoms with Crippen molar-refractivity contribution in [3.8, 4) is 22.6 Å². The van der Waals surface area contributed by atoms with Crippen molar-refractivity contribution in [1.82, 2.24) is 4.57 Å². The van der Waals surface area contributed by atoms with Crippen LogP contribution in [0, 0.1) is 13.8 Å². The number of rotatable bonds is 4. The van der Waals surface area contributed by atoms with Gasteiger partial charge in [0.05, 0.1) is 22.4 Å². The summed E-state index contributed by atoms with van der Waals surface area (Å²) in [5.74, 6) is 0.310. The second-order valence-corrected chi connectivity index (χ2v) is 24.1. The van der Waals surface area contributed by atoms with Gasteiger partial charge < -0.3 is 23.9 Å². The van der Waals surface area contributed by atoms with Crippen molar-refractivity contribution in [1.29, 1.82) is 0 Å². The van der Waals surface area contributed by atoms with Gasteiger partial charge in [0.15, 0.2) is 0 Å². The lowest BCUT2D eigenvalue weighted by Gasteiger charge is -2.46. The van der Waals surface area contributed by atoms with Crippen LogP contribution in [0.3, 0.4) is 0 Å². The summed E-state index contributed by atoms with van der Waals surface area (Å²) in [6.45, 7) is 24.8. The Morgan fingerprint density at radius 2 is 1.09 bits per heavy atom. The van der Waals surface area contributed by atoms with Gasteiger partial charge in [-0.15, -0.1) is 0 Å². The Bertz CT molecular complexity index is 4100. The van der Waals surface area contributed by atoms with Crippen molar-refractivity contribution in [2.24, 2.45) is 0 Å². The number of benzene rings is 9. The lowest BCUT2D eigenvalue weighted by atomic mass is 9.33. The molecule has 0 amide bonds. The number of aromatic nitrogens is 1. The first-order valence-corrected chi connectivity index (χ1v) is 26.3. The summed E-state index contributed by atoms with van der Waals surface area (Å²) in [5, 5.41) is 18.0. The molecule has 364 valence electrons. The standard InChI is InChI=1S/C68H62BN3O2/c1-40-19-17-20-41(2)62(40)72-58-39-57-51(50-35-43(66(3,4)5)29-33-55(50)70(57)45-21-13-12-14-22-45)37-54(58)69-53-36-44(67(6,7)8)30-34-56(53)71(63-61(69)59(72)38-52(64(63)73)68(9,10)11)46-31-27-42(28-32-46)47-24-18-25-49-48-23-15-16-26-60(48)74-65(47)49/h12-39,73H,1-11H3. The summed E-state index contributed by atoms with van der Waals surface area (Å²) >= 11 is 0. The van der Waals surface area contributed by atoms with Gasteiger partial charge in [0.25, 0.3) is 6.71 Å². The summed E-state index contributed by atoms with van der Waals surface area (Å²) in [5.41, 5.74) is 22.3. The number of phenolic OH excluding ortho intramolecular Hbond substituents is 1. The zero-order chi connectivity index (χ0) is 51.3. The molecule has 0 fully saturated rings. The third kappa shape index (κ3) is 6.83. The Morgan fingerprint density at radius 1 is 0.459 bits per heavy atom. The highest BCUT2D eigenvalue weighted by molar-refractivity contribution is 7.00. The molecule has 2 aliphatic heterocycles. The molecule has 2 aromatic heterocycles. The predicted octanol–water partition coefficient (Wildman–Crippen LogP) is 16.6. The molecule has 11 aromatic rings. The molecule has 4 heterocycles. The lowest BCUT2D eigenvalue weighted by Crippen LogP contribution is -2.61. The monoisotopic (exact) mass is 963 g/mol. The third-order valence-corrected chi connectivity index (χ3v) is 16.1. The molecule has 0 atom stereocenters. The number of phenols is 1. The van der Waals surface area contributed by atoms with Crippen LogP contribution in [0.5, 0.6) is 5.75 Å². The minimum absolute atomic E-state index is 0.0487. The number of aryl methyl sites for hydroxylation is 2. The fourth-order valence-electron chi connectivity index (χ4n) is 12.4. The fraction of sp³-hybridized carbons (Fsp3) is 0.206. The van der Waals surface area contributed by atoms with E-state index in [4.69, 9.17) is 4.42 Å². The Kier molecular flexibility index (Phi) is 9.93. The van der Waals surface area contributed by atoms with Crippen LogP contribution in [0.25, 0.3) is 60.6 Å². The normalized spacial score (nSPS) is 13.6. The Hall–Kier alpha value is -7.96. The summed E-state index contributed by atoms with van der Waals surface area (Å²) in [6.07, 6.45) is 0. The molecule has 5 nitrogen and oxygen atoms in total. The fourth-order valence-corrected chi connectivity index (χ4v) is 12.4. The van der Waals surface area contributed by atoms with E-state index < -0.39 is 5.41 Å². The number of hydrogen-bond acceptors (Lipinski definition) is 4. The van der Waals surface area contributed by atoms with E-state index in [1.807, 2.05) is 12.1 Å². The molecule has 0 unspecified atom stereocenters. The summed E-state index contributed by atoms with van der Waals surface area (Å²) in [6, 6.07) is 62.5. The first-order valence-electron chi connectivity index (χ1n) is 26.3. The van der Waals surface area contributed by atoms with E-state index in [1.165, 1.54) is 49.5 Å². The van der Waals surface area contributed by atoms with Gasteiger partial charge in [0, 0.05) is 61.1 Å². The number of furan rings is 1. The number of nitrogens with zero attached hydrogens (tertiary/aromatic N) is 3. The average molecular weight is 964 g/mol. The molecule has 0 aliphatic carbocycles. The van der Waals surface area contributed by atoms with Crippen molar-refractivity contribution >= 4 is 101 Å². The van der Waals surface area contributed by atoms with E-state index in [2.05, 4.69) is 248 Å². The zero-order valence-corrected chi connectivity index (χ0v) is 44.4. The molecule has 0 spiro atoms. The lowest BCUT2D eigenvalue weighted by molar-refractivity contribution is 0.448. The van der Waals surface area contributed by atoms with Crippen LogP contribution in [0.15, 0.2) is 174 Å². The van der Waals surface area contributed by atoms with Crippen molar-refractivity contribution < 1.29 is 9.52 Å². The Morgan fingerprint density at radius 3 is 1.81 bits per heavy atom. The quantitative estimate of drug-likeness (QED) is 0.179. The maximum atomic E-state index is 13.4. The van der Waals surface area contributed by atoms with E-state index in [0.29, 0.717) is 5.75 Å². The molecule has 9 aromatic carbocycles. The predicted molar refractivity (Wildman–Crippen MR) is 315 cm³/mol. The van der Waals surface area contributed by atoms with Gasteiger partial charge >= 0.3 is 0 Å². The van der Waals surface area contributed by atoms with Crippen molar-refractivity contribution in [3.63, 3.8) is 0 Å². The van der Waals surface area contributed by atoms with Gasteiger partial charge in [-0.1, -0.05) is 172 Å². The number of fused-ring (bicyclic) bond motifs is 10. The Balaban J connectivity index is 1.14. The van der Waals surface area contributed by atoms with Crippen LogP contribution in [-0.2, 0) is 16.2 Å². The zero-order valence-electron chi connectivity index (χ0n) is 44.4. The molecule has 6 heteroatoms. The highest BCUT2D eigenvalue weighted by Crippen LogP contribution is 2.53. The van der Waals surface area contributed by atoms with Gasteiger partial charge in [-0.05, 0) is 135 Å². The van der Waals surface area contributed by atoms with Gasteiger partial charge in [0.1, 0.15) is 16.9 Å². The molecular weight excluding hydrogens is 902 g/mol. The summed E-state index contributed by atoms with van der Waals surface area (Å²) < 4.78 is 9.02. The van der Waals surface area contributed by atoms with Crippen molar-refractivity contribution in [2.75, 3.05) is 9.80 Å². The highest BCUT2D eigenvalue weighted by atomic mass is 16.3. The van der Waals surface area contributed by atoms with Gasteiger partial charge in [-0.3, -0.25) is 0 Å². The number of anilines is 6. The van der Waals surface area contributed by atoms with E-state index in [1.54, 1.807) is 0 Å². The molecule has 74 heavy (non-hydrogen) atoms. The first kappa shape index (κ1) is 45.9. The molecule has 0 saturated heterocycles. The van der Waals surface area contributed by atoms with Crippen LogP contribution in [-0.4, -0.2) is 16.4 Å². The van der Waals surface area contributed by atoms with E-state index in [9.17, 15) is 5.11 Å². The van der Waals surface area contributed by atoms with Gasteiger partial charge in [0.2, 0.25) is 0 Å². The second-order valence-electron chi connectivity index (χ2n) is 24.1. The van der Waals surface area contributed by atoms with Crippen LogP contribution in [0.1, 0.15) is 90.1 Å². The average Bonchev–Trinajstić information content (AvgIpc) is 3.95. The maximum Gasteiger partial charge on any atom is 0.252 e. The molecule has 13 rings (SSSR count). The van der Waals surface area contributed by atoms with Gasteiger partial charge in [-0.2, -0.15) is 0 Å². The highest BCUT2D eigenvalue weighted by Gasteiger charge is 2.47. The minimum atomic E-state index is -0.413. The summed E-state index contributed by atoms with van der Waals surface area (Å²) in [4.78, 5) is 4.90. The van der Waals surface area contributed by atoms with E-state index >= 15 is 0 Å². The van der Waals surface area contributed by atoms with Crippen LogP contribution in [0.2, 0.25) is 0 Å². The minimum Gasteiger partial charge on any atom is -0.505 e. The first-order chi connectivity index (χ1) is 35.4.